The molecule has 1 heterocycles. The molecule has 0 saturated carbocycles. The fraction of sp³-hybridized carbons (Fsp3) is 0.0833. The van der Waals surface area contributed by atoms with Crippen LogP contribution in [0.25, 0.3) is 11.3 Å². The molecule has 0 fully saturated rings. The predicted octanol–water partition coefficient (Wildman–Crippen LogP) is 2.77. The van der Waals surface area contributed by atoms with Crippen molar-refractivity contribution in [2.45, 2.75) is 6.18 Å². The molecular weight excluding hydrogens is 247 g/mol. The van der Waals surface area contributed by atoms with Gasteiger partial charge < -0.3 is 10.1 Å². The summed E-state index contributed by atoms with van der Waals surface area (Å²) in [5.74, 6) is -0.384. The fourth-order valence-corrected chi connectivity index (χ4v) is 1.64. The van der Waals surface area contributed by atoms with Crippen LogP contribution in [0.15, 0.2) is 41.2 Å². The summed E-state index contributed by atoms with van der Waals surface area (Å²) in [6.45, 7) is 0. The molecule has 0 radical (unpaired) electrons. The Labute approximate surface area is 99.5 Å². The van der Waals surface area contributed by atoms with E-state index in [1.807, 2.05) is 0 Å². The van der Waals surface area contributed by atoms with E-state index in [0.29, 0.717) is 0 Å². The molecule has 0 aliphatic carbocycles. The molecule has 6 heteroatoms. The molecule has 0 saturated heterocycles. The third-order valence-corrected chi connectivity index (χ3v) is 2.35. The van der Waals surface area contributed by atoms with Crippen LogP contribution >= 0.6 is 0 Å². The Bertz CT molecular complexity index is 632. The third-order valence-electron chi connectivity index (χ3n) is 2.35. The highest BCUT2D eigenvalue weighted by molar-refractivity contribution is 5.65. The SMILES string of the molecule is O=c1cc(O)cc(-c2ccccc2C(F)(F)F)[nH]1. The first-order valence-electron chi connectivity index (χ1n) is 4.98. The number of benzene rings is 1. The molecule has 0 aliphatic heterocycles. The molecule has 2 rings (SSSR count). The minimum atomic E-state index is -4.53. The first-order valence-corrected chi connectivity index (χ1v) is 4.98. The molecule has 2 aromatic rings. The summed E-state index contributed by atoms with van der Waals surface area (Å²) in [4.78, 5) is 13.4. The maximum absolute atomic E-state index is 12.8. The number of aromatic nitrogens is 1. The van der Waals surface area contributed by atoms with Gasteiger partial charge in [0.1, 0.15) is 5.75 Å². The number of aromatic hydroxyl groups is 1. The van der Waals surface area contributed by atoms with Crippen molar-refractivity contribution in [2.24, 2.45) is 0 Å². The number of H-pyrrole nitrogens is 1. The van der Waals surface area contributed by atoms with E-state index in [0.717, 1.165) is 18.2 Å². The summed E-state index contributed by atoms with van der Waals surface area (Å²) < 4.78 is 38.3. The van der Waals surface area contributed by atoms with E-state index in [1.165, 1.54) is 18.2 Å². The average molecular weight is 255 g/mol. The summed E-state index contributed by atoms with van der Waals surface area (Å²) in [7, 11) is 0. The van der Waals surface area contributed by atoms with Crippen molar-refractivity contribution in [3.05, 3.63) is 52.3 Å². The lowest BCUT2D eigenvalue weighted by Gasteiger charge is -2.12. The van der Waals surface area contributed by atoms with E-state index >= 15 is 0 Å². The minimum Gasteiger partial charge on any atom is -0.508 e. The van der Waals surface area contributed by atoms with Crippen LogP contribution in [0.2, 0.25) is 0 Å². The van der Waals surface area contributed by atoms with Crippen LogP contribution in [0, 0.1) is 0 Å². The zero-order valence-electron chi connectivity index (χ0n) is 8.95. The average Bonchev–Trinajstić information content (AvgIpc) is 2.26. The van der Waals surface area contributed by atoms with Crippen LogP contribution in [0.1, 0.15) is 5.56 Å². The van der Waals surface area contributed by atoms with Crippen molar-refractivity contribution >= 4 is 0 Å². The number of nitrogens with one attached hydrogen (secondary N) is 1. The molecule has 18 heavy (non-hydrogen) atoms. The van der Waals surface area contributed by atoms with Crippen LogP contribution < -0.4 is 5.56 Å². The van der Waals surface area contributed by atoms with Crippen LogP contribution in [0.5, 0.6) is 5.75 Å². The van der Waals surface area contributed by atoms with Crippen molar-refractivity contribution in [1.29, 1.82) is 0 Å². The molecule has 2 N–H and O–H groups in total. The molecule has 0 aliphatic rings. The second-order valence-electron chi connectivity index (χ2n) is 3.66. The van der Waals surface area contributed by atoms with Gasteiger partial charge in [0.05, 0.1) is 11.3 Å². The van der Waals surface area contributed by atoms with E-state index in [-0.39, 0.29) is 17.0 Å². The predicted molar refractivity (Wildman–Crippen MR) is 59.2 cm³/mol. The molecule has 94 valence electrons. The standard InChI is InChI=1S/C12H8F3NO2/c13-12(14,15)9-4-2-1-3-8(9)10-5-7(17)6-11(18)16-10/h1-6H,(H2,16,17,18). The van der Waals surface area contributed by atoms with Gasteiger partial charge in [-0.1, -0.05) is 18.2 Å². The van der Waals surface area contributed by atoms with Gasteiger partial charge in [-0.2, -0.15) is 13.2 Å². The van der Waals surface area contributed by atoms with Crippen molar-refractivity contribution in [3.63, 3.8) is 0 Å². The first-order chi connectivity index (χ1) is 8.38. The Hall–Kier alpha value is -2.24. The molecule has 1 aromatic heterocycles. The van der Waals surface area contributed by atoms with Crippen LogP contribution in [0.3, 0.4) is 0 Å². The molecule has 3 nitrogen and oxygen atoms in total. The monoisotopic (exact) mass is 255 g/mol. The molecule has 0 spiro atoms. The third kappa shape index (κ3) is 2.37. The van der Waals surface area contributed by atoms with Gasteiger partial charge in [-0.25, -0.2) is 0 Å². The van der Waals surface area contributed by atoms with Crippen molar-refractivity contribution in [3.8, 4) is 17.0 Å². The van der Waals surface area contributed by atoms with Gasteiger partial charge in [0.15, 0.2) is 0 Å². The minimum absolute atomic E-state index is 0.0760. The Morgan fingerprint density at radius 2 is 1.78 bits per heavy atom. The topological polar surface area (TPSA) is 53.1 Å². The van der Waals surface area contributed by atoms with E-state index < -0.39 is 17.3 Å². The Balaban J connectivity index is 2.68. The molecule has 0 amide bonds. The van der Waals surface area contributed by atoms with Gasteiger partial charge in [0, 0.05) is 17.7 Å². The van der Waals surface area contributed by atoms with E-state index in [1.54, 1.807) is 0 Å². The van der Waals surface area contributed by atoms with Gasteiger partial charge in [0.2, 0.25) is 0 Å². The maximum Gasteiger partial charge on any atom is 0.417 e. The Kier molecular flexibility index (Phi) is 2.86. The molecule has 0 bridgehead atoms. The quantitative estimate of drug-likeness (QED) is 0.823. The number of hydrogen-bond donors (Lipinski definition) is 2. The maximum atomic E-state index is 12.8. The number of pyridine rings is 1. The zero-order valence-corrected chi connectivity index (χ0v) is 8.95. The van der Waals surface area contributed by atoms with Gasteiger partial charge in [0.25, 0.3) is 5.56 Å². The fourth-order valence-electron chi connectivity index (χ4n) is 1.64. The smallest absolute Gasteiger partial charge is 0.417 e. The second kappa shape index (κ2) is 4.21. The summed E-state index contributed by atoms with van der Waals surface area (Å²) in [5.41, 5.74) is -1.79. The number of halogens is 3. The van der Waals surface area contributed by atoms with E-state index in [9.17, 15) is 23.1 Å². The molecular formula is C12H8F3NO2. The van der Waals surface area contributed by atoms with Crippen LogP contribution in [0.4, 0.5) is 13.2 Å². The van der Waals surface area contributed by atoms with Crippen molar-refractivity contribution in [2.75, 3.05) is 0 Å². The highest BCUT2D eigenvalue weighted by atomic mass is 19.4. The normalized spacial score (nSPS) is 11.5. The van der Waals surface area contributed by atoms with Crippen molar-refractivity contribution in [1.82, 2.24) is 4.98 Å². The lowest BCUT2D eigenvalue weighted by molar-refractivity contribution is -0.137. The van der Waals surface area contributed by atoms with Gasteiger partial charge >= 0.3 is 6.18 Å². The van der Waals surface area contributed by atoms with Crippen LogP contribution in [-0.2, 0) is 6.18 Å². The Morgan fingerprint density at radius 3 is 2.39 bits per heavy atom. The summed E-state index contributed by atoms with van der Waals surface area (Å²) >= 11 is 0. The second-order valence-corrected chi connectivity index (χ2v) is 3.66. The summed E-state index contributed by atoms with van der Waals surface area (Å²) in [6, 6.07) is 6.79. The Morgan fingerprint density at radius 1 is 1.11 bits per heavy atom. The van der Waals surface area contributed by atoms with Crippen molar-refractivity contribution < 1.29 is 18.3 Å². The lowest BCUT2D eigenvalue weighted by Crippen LogP contribution is -2.10. The highest BCUT2D eigenvalue weighted by Gasteiger charge is 2.33. The van der Waals surface area contributed by atoms with E-state index in [4.69, 9.17) is 0 Å². The number of rotatable bonds is 1. The zero-order chi connectivity index (χ0) is 13.3. The largest absolute Gasteiger partial charge is 0.508 e. The molecule has 0 atom stereocenters. The number of alkyl halides is 3. The van der Waals surface area contributed by atoms with Gasteiger partial charge in [-0.3, -0.25) is 4.79 Å². The lowest BCUT2D eigenvalue weighted by atomic mass is 10.0. The number of aromatic amines is 1. The molecule has 1 aromatic carbocycles. The highest BCUT2D eigenvalue weighted by Crippen LogP contribution is 2.36. The summed E-state index contributed by atoms with van der Waals surface area (Å²) in [6.07, 6.45) is -4.53. The van der Waals surface area contributed by atoms with Crippen LogP contribution in [-0.4, -0.2) is 10.1 Å². The molecule has 0 unspecified atom stereocenters. The number of hydrogen-bond acceptors (Lipinski definition) is 2. The van der Waals surface area contributed by atoms with E-state index in [2.05, 4.69) is 4.98 Å². The summed E-state index contributed by atoms with van der Waals surface area (Å²) in [5, 5.41) is 9.25. The van der Waals surface area contributed by atoms with Gasteiger partial charge in [-0.05, 0) is 6.07 Å². The first kappa shape index (κ1) is 12.2. The van der Waals surface area contributed by atoms with Gasteiger partial charge in [-0.15, -0.1) is 0 Å².